The number of carbonyl (C=O) groups is 1. The molecule has 1 aromatic heterocycles. The van der Waals surface area contributed by atoms with Gasteiger partial charge in [-0.15, -0.1) is 0 Å². The first-order chi connectivity index (χ1) is 11.4. The molecule has 1 heterocycles. The lowest BCUT2D eigenvalue weighted by atomic mass is 9.85. The van der Waals surface area contributed by atoms with Gasteiger partial charge in [-0.2, -0.15) is 4.98 Å². The van der Waals surface area contributed by atoms with Crippen LogP contribution in [0.5, 0.6) is 0 Å². The van der Waals surface area contributed by atoms with Crippen LogP contribution in [0.1, 0.15) is 49.9 Å². The molecule has 0 bridgehead atoms. The lowest BCUT2D eigenvalue weighted by molar-refractivity contribution is 0.236. The van der Waals surface area contributed by atoms with Gasteiger partial charge in [0.1, 0.15) is 0 Å². The van der Waals surface area contributed by atoms with Gasteiger partial charge in [-0.1, -0.05) is 42.7 Å². The van der Waals surface area contributed by atoms with Crippen molar-refractivity contribution in [3.05, 3.63) is 46.6 Å². The van der Waals surface area contributed by atoms with Crippen molar-refractivity contribution in [2.75, 3.05) is 6.54 Å². The minimum atomic E-state index is -0.267. The fourth-order valence-corrected chi connectivity index (χ4v) is 2.57. The van der Waals surface area contributed by atoms with Crippen LogP contribution in [0.4, 0.5) is 4.79 Å². The number of benzene rings is 1. The molecule has 128 valence electrons. The minimum Gasteiger partial charge on any atom is -0.337 e. The first-order valence-electron chi connectivity index (χ1n) is 8.04. The molecule has 0 saturated heterocycles. The average Bonchev–Trinajstić information content (AvgIpc) is 3.30. The summed E-state index contributed by atoms with van der Waals surface area (Å²) in [5.74, 6) is 1.62. The van der Waals surface area contributed by atoms with Gasteiger partial charge in [0.15, 0.2) is 5.82 Å². The molecule has 7 heteroatoms. The van der Waals surface area contributed by atoms with Crippen molar-refractivity contribution < 1.29 is 9.32 Å². The first-order valence-corrected chi connectivity index (χ1v) is 8.42. The zero-order chi connectivity index (χ0) is 17.2. The fourth-order valence-electron chi connectivity index (χ4n) is 2.38. The number of hydrogen-bond acceptors (Lipinski definition) is 4. The van der Waals surface area contributed by atoms with E-state index in [4.69, 9.17) is 16.1 Å². The largest absolute Gasteiger partial charge is 0.337 e. The van der Waals surface area contributed by atoms with E-state index in [-0.39, 0.29) is 18.0 Å². The number of urea groups is 1. The molecule has 1 aromatic carbocycles. The number of halogens is 1. The third kappa shape index (κ3) is 4.26. The van der Waals surface area contributed by atoms with Crippen molar-refractivity contribution in [3.63, 3.8) is 0 Å². The van der Waals surface area contributed by atoms with Crippen LogP contribution in [-0.4, -0.2) is 22.7 Å². The zero-order valence-corrected chi connectivity index (χ0v) is 14.6. The lowest BCUT2D eigenvalue weighted by Gasteiger charge is -2.25. The van der Waals surface area contributed by atoms with Crippen LogP contribution in [0.15, 0.2) is 28.8 Å². The zero-order valence-electron chi connectivity index (χ0n) is 13.8. The van der Waals surface area contributed by atoms with E-state index in [2.05, 4.69) is 34.6 Å². The Morgan fingerprint density at radius 2 is 2.17 bits per heavy atom. The van der Waals surface area contributed by atoms with Crippen LogP contribution in [0.25, 0.3) is 0 Å². The third-order valence-electron chi connectivity index (χ3n) is 4.12. The highest BCUT2D eigenvalue weighted by atomic mass is 35.5. The van der Waals surface area contributed by atoms with Crippen LogP contribution >= 0.6 is 11.6 Å². The van der Waals surface area contributed by atoms with Crippen molar-refractivity contribution in [1.29, 1.82) is 0 Å². The Morgan fingerprint density at radius 3 is 2.88 bits per heavy atom. The van der Waals surface area contributed by atoms with E-state index < -0.39 is 0 Å². The predicted octanol–water partition coefficient (Wildman–Crippen LogP) is 3.38. The molecular weight excluding hydrogens is 328 g/mol. The van der Waals surface area contributed by atoms with Crippen LogP contribution < -0.4 is 10.6 Å². The molecule has 1 aliphatic carbocycles. The third-order valence-corrected chi connectivity index (χ3v) is 4.36. The van der Waals surface area contributed by atoms with Gasteiger partial charge in [0, 0.05) is 22.9 Å². The van der Waals surface area contributed by atoms with E-state index >= 15 is 0 Å². The number of amides is 2. The number of rotatable bonds is 6. The molecule has 0 atom stereocenters. The monoisotopic (exact) mass is 348 g/mol. The Bertz CT molecular complexity index is 725. The molecule has 2 N–H and O–H groups in total. The smallest absolute Gasteiger partial charge is 0.315 e. The number of hydrogen-bond donors (Lipinski definition) is 2. The van der Waals surface area contributed by atoms with Crippen LogP contribution in [0, 0.1) is 0 Å². The van der Waals surface area contributed by atoms with Gasteiger partial charge in [0.2, 0.25) is 5.89 Å². The quantitative estimate of drug-likeness (QED) is 0.838. The molecule has 1 aliphatic rings. The van der Waals surface area contributed by atoms with Crippen LogP contribution in [-0.2, 0) is 12.0 Å². The minimum absolute atomic E-state index is 0.225. The van der Waals surface area contributed by atoms with E-state index in [1.165, 1.54) is 0 Å². The molecule has 24 heavy (non-hydrogen) atoms. The summed E-state index contributed by atoms with van der Waals surface area (Å²) in [6.45, 7) is 4.82. The summed E-state index contributed by atoms with van der Waals surface area (Å²) in [6, 6.07) is 7.40. The van der Waals surface area contributed by atoms with E-state index in [1.54, 1.807) is 0 Å². The highest BCUT2D eigenvalue weighted by Gasteiger charge is 2.28. The maximum absolute atomic E-state index is 12.0. The van der Waals surface area contributed by atoms with Crippen LogP contribution in [0.2, 0.25) is 5.02 Å². The normalized spacial score (nSPS) is 14.5. The number of nitrogens with one attached hydrogen (secondary N) is 2. The molecule has 1 fully saturated rings. The standard InChI is InChI=1S/C17H21ClN4O2/c1-17(2,12-4-3-5-13(18)8-12)10-20-16(23)19-9-14-21-15(22-24-14)11-6-7-11/h3-5,8,11H,6-7,9-10H2,1-2H3,(H2,19,20,23). The van der Waals surface area contributed by atoms with Gasteiger partial charge >= 0.3 is 6.03 Å². The van der Waals surface area contributed by atoms with Gasteiger partial charge in [-0.3, -0.25) is 0 Å². The second-order valence-corrected chi connectivity index (χ2v) is 7.19. The first kappa shape index (κ1) is 16.8. The summed E-state index contributed by atoms with van der Waals surface area (Å²) < 4.78 is 5.13. The lowest BCUT2D eigenvalue weighted by Crippen LogP contribution is -2.42. The summed E-state index contributed by atoms with van der Waals surface area (Å²) in [7, 11) is 0. The van der Waals surface area contributed by atoms with Crippen LogP contribution in [0.3, 0.4) is 0 Å². The summed E-state index contributed by atoms with van der Waals surface area (Å²) in [6.07, 6.45) is 2.23. The molecule has 0 unspecified atom stereocenters. The molecule has 0 spiro atoms. The van der Waals surface area contributed by atoms with Crippen molar-refractivity contribution in [1.82, 2.24) is 20.8 Å². The Kier molecular flexibility index (Phi) is 4.76. The molecule has 2 aromatic rings. The average molecular weight is 349 g/mol. The predicted molar refractivity (Wildman–Crippen MR) is 91.0 cm³/mol. The summed E-state index contributed by atoms with van der Waals surface area (Å²) >= 11 is 6.04. The molecule has 6 nitrogen and oxygen atoms in total. The van der Waals surface area contributed by atoms with Gasteiger partial charge in [-0.05, 0) is 30.5 Å². The fraction of sp³-hybridized carbons (Fsp3) is 0.471. The van der Waals surface area contributed by atoms with Crippen molar-refractivity contribution in [3.8, 4) is 0 Å². The Morgan fingerprint density at radius 1 is 1.38 bits per heavy atom. The Balaban J connectivity index is 1.47. The maximum Gasteiger partial charge on any atom is 0.315 e. The van der Waals surface area contributed by atoms with E-state index in [0.29, 0.717) is 23.4 Å². The van der Waals surface area contributed by atoms with E-state index in [0.717, 1.165) is 24.2 Å². The van der Waals surface area contributed by atoms with E-state index in [1.807, 2.05) is 24.3 Å². The number of aromatic nitrogens is 2. The van der Waals surface area contributed by atoms with Crippen molar-refractivity contribution >= 4 is 17.6 Å². The molecule has 3 rings (SSSR count). The van der Waals surface area contributed by atoms with E-state index in [9.17, 15) is 4.79 Å². The Hall–Kier alpha value is -2.08. The topological polar surface area (TPSA) is 80.0 Å². The molecule has 2 amide bonds. The molecule has 0 aliphatic heterocycles. The van der Waals surface area contributed by atoms with Gasteiger partial charge in [0.25, 0.3) is 0 Å². The Labute approximate surface area is 146 Å². The summed E-state index contributed by atoms with van der Waals surface area (Å²) in [5.41, 5.74) is 0.840. The van der Waals surface area contributed by atoms with Gasteiger partial charge < -0.3 is 15.2 Å². The second-order valence-electron chi connectivity index (χ2n) is 6.75. The van der Waals surface area contributed by atoms with Gasteiger partial charge in [0.05, 0.1) is 6.54 Å². The number of nitrogens with zero attached hydrogens (tertiary/aromatic N) is 2. The summed E-state index contributed by atoms with van der Waals surface area (Å²) in [5, 5.41) is 10.2. The summed E-state index contributed by atoms with van der Waals surface area (Å²) in [4.78, 5) is 16.3. The molecule has 0 radical (unpaired) electrons. The molecular formula is C17H21ClN4O2. The van der Waals surface area contributed by atoms with Crippen molar-refractivity contribution in [2.45, 2.75) is 44.6 Å². The maximum atomic E-state index is 12.0. The van der Waals surface area contributed by atoms with Gasteiger partial charge in [-0.25, -0.2) is 4.79 Å². The molecule has 1 saturated carbocycles. The number of carbonyl (C=O) groups excluding carboxylic acids is 1. The highest BCUT2D eigenvalue weighted by molar-refractivity contribution is 6.30. The SMILES string of the molecule is CC(C)(CNC(=O)NCc1nc(C2CC2)no1)c1cccc(Cl)c1. The highest BCUT2D eigenvalue weighted by Crippen LogP contribution is 2.38. The van der Waals surface area contributed by atoms with Crippen molar-refractivity contribution in [2.24, 2.45) is 0 Å². The second kappa shape index (κ2) is 6.81.